The molecule has 0 unspecified atom stereocenters. The maximum Gasteiger partial charge on any atom is 0.345 e. The summed E-state index contributed by atoms with van der Waals surface area (Å²) in [6, 6.07) is 5.46. The molecule has 19 heavy (non-hydrogen) atoms. The van der Waals surface area contributed by atoms with E-state index >= 15 is 0 Å². The number of carbonyl (C=O) groups is 2. The molecule has 2 rings (SSSR count). The van der Waals surface area contributed by atoms with Crippen LogP contribution in [0.25, 0.3) is 0 Å². The van der Waals surface area contributed by atoms with Gasteiger partial charge in [-0.15, -0.1) is 0 Å². The molecule has 1 N–H and O–H groups in total. The maximum atomic E-state index is 12.9. The Balaban J connectivity index is 2.21. The molecule has 0 bridgehead atoms. The summed E-state index contributed by atoms with van der Waals surface area (Å²) in [6.45, 7) is 2.07. The highest BCUT2D eigenvalue weighted by Crippen LogP contribution is 2.19. The van der Waals surface area contributed by atoms with Gasteiger partial charge in [0, 0.05) is 11.9 Å². The number of esters is 1. The van der Waals surface area contributed by atoms with Crippen LogP contribution in [0, 0.1) is 5.82 Å². The zero-order chi connectivity index (χ0) is 13.8. The third kappa shape index (κ3) is 2.73. The number of hydrogen-bond donors (Lipinski definition) is 1. The zero-order valence-corrected chi connectivity index (χ0v) is 10.4. The molecule has 0 radical (unpaired) electrons. The van der Waals surface area contributed by atoms with Crippen molar-refractivity contribution in [2.45, 2.75) is 6.92 Å². The Labute approximate surface area is 109 Å². The lowest BCUT2D eigenvalue weighted by Gasteiger charge is -2.27. The number of carbonyl (C=O) groups excluding carboxylic acids is 2. The van der Waals surface area contributed by atoms with E-state index in [-0.39, 0.29) is 24.7 Å². The van der Waals surface area contributed by atoms with Crippen LogP contribution in [0.3, 0.4) is 0 Å². The van der Waals surface area contributed by atoms with Crippen molar-refractivity contribution in [1.29, 1.82) is 0 Å². The molecule has 0 atom stereocenters. The summed E-state index contributed by atoms with van der Waals surface area (Å²) in [5.41, 5.74) is 0.436. The van der Waals surface area contributed by atoms with Crippen LogP contribution in [0.5, 0.6) is 0 Å². The predicted octanol–water partition coefficient (Wildman–Crippen LogP) is 1.17. The Kier molecular flexibility index (Phi) is 3.79. The predicted molar refractivity (Wildman–Crippen MR) is 66.6 cm³/mol. The van der Waals surface area contributed by atoms with Crippen LogP contribution >= 0.6 is 0 Å². The quantitative estimate of drug-likeness (QED) is 0.657. The van der Waals surface area contributed by atoms with Gasteiger partial charge in [-0.25, -0.2) is 9.18 Å². The summed E-state index contributed by atoms with van der Waals surface area (Å²) in [5.74, 6) is -1.53. The van der Waals surface area contributed by atoms with Crippen molar-refractivity contribution < 1.29 is 18.7 Å². The second kappa shape index (κ2) is 5.51. The van der Waals surface area contributed by atoms with E-state index in [1.807, 2.05) is 0 Å². The van der Waals surface area contributed by atoms with Gasteiger partial charge in [-0.3, -0.25) is 9.69 Å². The summed E-state index contributed by atoms with van der Waals surface area (Å²) in [5, 5.41) is 2.82. The van der Waals surface area contributed by atoms with Crippen molar-refractivity contribution in [2.24, 2.45) is 0 Å². The minimum Gasteiger partial charge on any atom is -0.462 e. The third-order valence-electron chi connectivity index (χ3n) is 2.61. The highest BCUT2D eigenvalue weighted by molar-refractivity contribution is 6.22. The molecule has 0 spiro atoms. The number of anilines is 1. The maximum absolute atomic E-state index is 12.9. The smallest absolute Gasteiger partial charge is 0.345 e. The molecule has 6 heteroatoms. The number of halogens is 1. The first kappa shape index (κ1) is 13.1. The van der Waals surface area contributed by atoms with Crippen molar-refractivity contribution in [3.05, 3.63) is 41.9 Å². The fourth-order valence-electron chi connectivity index (χ4n) is 1.70. The molecule has 0 saturated heterocycles. The molecule has 0 aromatic heterocycles. The molecule has 1 aliphatic heterocycles. The number of rotatable bonds is 3. The molecule has 1 aromatic rings. The number of nitrogens with one attached hydrogen (secondary N) is 1. The van der Waals surface area contributed by atoms with E-state index < -0.39 is 11.9 Å². The molecular weight excluding hydrogens is 251 g/mol. The first-order chi connectivity index (χ1) is 9.13. The van der Waals surface area contributed by atoms with Gasteiger partial charge in [-0.05, 0) is 31.2 Å². The van der Waals surface area contributed by atoms with E-state index in [0.717, 1.165) is 0 Å². The average molecular weight is 264 g/mol. The lowest BCUT2D eigenvalue weighted by molar-refractivity contribution is -0.140. The van der Waals surface area contributed by atoms with Crippen LogP contribution in [0.2, 0.25) is 0 Å². The van der Waals surface area contributed by atoms with Gasteiger partial charge in [-0.1, -0.05) is 0 Å². The Morgan fingerprint density at radius 1 is 1.42 bits per heavy atom. The highest BCUT2D eigenvalue weighted by Gasteiger charge is 2.28. The monoisotopic (exact) mass is 264 g/mol. The number of nitrogens with zero attached hydrogens (tertiary/aromatic N) is 1. The Hall–Kier alpha value is -2.37. The summed E-state index contributed by atoms with van der Waals surface area (Å²) < 4.78 is 17.7. The van der Waals surface area contributed by atoms with Crippen molar-refractivity contribution in [3.63, 3.8) is 0 Å². The molecule has 1 aliphatic rings. The van der Waals surface area contributed by atoms with Gasteiger partial charge in [0.2, 0.25) is 0 Å². The second-order valence-electron chi connectivity index (χ2n) is 3.85. The minimum absolute atomic E-state index is 0.0718. The van der Waals surface area contributed by atoms with Crippen LogP contribution in [0.1, 0.15) is 6.92 Å². The van der Waals surface area contributed by atoms with Crippen LogP contribution in [0.4, 0.5) is 10.1 Å². The van der Waals surface area contributed by atoms with Crippen LogP contribution in [0.15, 0.2) is 36.0 Å². The summed E-state index contributed by atoms with van der Waals surface area (Å²) in [6.07, 6.45) is 1.33. The molecule has 5 nitrogen and oxygen atoms in total. The Bertz CT molecular complexity index is 525. The molecule has 1 amide bonds. The number of amides is 1. The highest BCUT2D eigenvalue weighted by atomic mass is 19.1. The molecule has 0 fully saturated rings. The van der Waals surface area contributed by atoms with Crippen molar-refractivity contribution >= 4 is 17.6 Å². The number of ether oxygens (including phenoxy) is 1. The molecule has 100 valence electrons. The van der Waals surface area contributed by atoms with Gasteiger partial charge >= 0.3 is 5.97 Å². The van der Waals surface area contributed by atoms with Gasteiger partial charge in [0.15, 0.2) is 0 Å². The Morgan fingerprint density at radius 3 is 2.74 bits per heavy atom. The first-order valence-corrected chi connectivity index (χ1v) is 5.81. The molecule has 1 aromatic carbocycles. The number of hydrogen-bond acceptors (Lipinski definition) is 4. The van der Waals surface area contributed by atoms with Crippen LogP contribution < -0.4 is 10.2 Å². The van der Waals surface area contributed by atoms with Crippen molar-refractivity contribution in [3.8, 4) is 0 Å². The van der Waals surface area contributed by atoms with Gasteiger partial charge in [0.1, 0.15) is 11.4 Å². The normalized spacial score (nSPS) is 14.7. The van der Waals surface area contributed by atoms with E-state index in [1.165, 1.54) is 35.4 Å². The average Bonchev–Trinajstić information content (AvgIpc) is 2.40. The molecule has 1 heterocycles. The topological polar surface area (TPSA) is 58.6 Å². The van der Waals surface area contributed by atoms with Crippen LogP contribution in [-0.4, -0.2) is 25.2 Å². The molecule has 0 aliphatic carbocycles. The lowest BCUT2D eigenvalue weighted by atomic mass is 10.2. The standard InChI is InChI=1S/C13H13FN2O3/c1-2-19-13(18)11-7-15-8-16(12(11)17)10-5-3-9(14)4-6-10/h3-7,15H,2,8H2,1H3. The lowest BCUT2D eigenvalue weighted by Crippen LogP contribution is -2.44. The third-order valence-corrected chi connectivity index (χ3v) is 2.61. The summed E-state index contributed by atoms with van der Waals surface area (Å²) in [4.78, 5) is 25.1. The SMILES string of the molecule is CCOC(=O)C1=CNCN(c2ccc(F)cc2)C1=O. The fraction of sp³-hybridized carbons (Fsp3) is 0.231. The van der Waals surface area contributed by atoms with Gasteiger partial charge in [0.05, 0.1) is 13.3 Å². The van der Waals surface area contributed by atoms with Crippen molar-refractivity contribution in [2.75, 3.05) is 18.2 Å². The summed E-state index contributed by atoms with van der Waals surface area (Å²) in [7, 11) is 0. The molecular formula is C13H13FN2O3. The second-order valence-corrected chi connectivity index (χ2v) is 3.85. The number of benzene rings is 1. The van der Waals surface area contributed by atoms with Gasteiger partial charge in [0.25, 0.3) is 5.91 Å². The van der Waals surface area contributed by atoms with Gasteiger partial charge in [-0.2, -0.15) is 0 Å². The van der Waals surface area contributed by atoms with Crippen molar-refractivity contribution in [1.82, 2.24) is 5.32 Å². The zero-order valence-electron chi connectivity index (χ0n) is 10.4. The fourth-order valence-corrected chi connectivity index (χ4v) is 1.70. The minimum atomic E-state index is -0.674. The van der Waals surface area contributed by atoms with Crippen LogP contribution in [-0.2, 0) is 14.3 Å². The Morgan fingerprint density at radius 2 is 2.11 bits per heavy atom. The molecule has 0 saturated carbocycles. The van der Waals surface area contributed by atoms with E-state index in [2.05, 4.69) is 5.32 Å². The van der Waals surface area contributed by atoms with E-state index in [4.69, 9.17) is 4.74 Å². The largest absolute Gasteiger partial charge is 0.462 e. The first-order valence-electron chi connectivity index (χ1n) is 5.81. The van der Waals surface area contributed by atoms with E-state index in [1.54, 1.807) is 6.92 Å². The summed E-state index contributed by atoms with van der Waals surface area (Å²) >= 11 is 0. The van der Waals surface area contributed by atoms with Gasteiger partial charge < -0.3 is 10.1 Å². The van der Waals surface area contributed by atoms with E-state index in [0.29, 0.717) is 5.69 Å². The van der Waals surface area contributed by atoms with E-state index in [9.17, 15) is 14.0 Å².